The monoisotopic (exact) mass is 576 g/mol. The molecule has 1 aliphatic carbocycles. The number of hydrogen-bond acceptors (Lipinski definition) is 9. The molecule has 226 valence electrons. The molecule has 4 aliphatic heterocycles. The highest BCUT2D eigenvalue weighted by Crippen LogP contribution is 2.45. The van der Waals surface area contributed by atoms with E-state index in [1.807, 2.05) is 19.1 Å². The molecule has 3 saturated heterocycles. The van der Waals surface area contributed by atoms with Gasteiger partial charge in [0.15, 0.2) is 12.1 Å². The number of rotatable bonds is 6. The molecule has 0 aromatic heterocycles. The Hall–Kier alpha value is -2.65. The summed E-state index contributed by atoms with van der Waals surface area (Å²) < 4.78 is 13.1. The van der Waals surface area contributed by atoms with E-state index in [1.165, 1.54) is 11.6 Å². The van der Waals surface area contributed by atoms with E-state index in [9.17, 15) is 14.9 Å². The van der Waals surface area contributed by atoms with E-state index in [0.717, 1.165) is 31.4 Å². The summed E-state index contributed by atoms with van der Waals surface area (Å²) in [6.45, 7) is 9.03. The second-order valence-corrected chi connectivity index (χ2v) is 12.7. The van der Waals surface area contributed by atoms with E-state index in [0.29, 0.717) is 45.1 Å². The Morgan fingerprint density at radius 2 is 2.07 bits per heavy atom. The molecule has 5 aliphatic rings. The molecule has 1 saturated carbocycles. The number of carbonyl (C=O) groups is 2. The van der Waals surface area contributed by atoms with Crippen LogP contribution in [-0.2, 0) is 25.5 Å². The van der Waals surface area contributed by atoms with Crippen molar-refractivity contribution in [3.8, 4) is 6.07 Å². The molecule has 0 radical (unpaired) electrons. The van der Waals surface area contributed by atoms with Crippen LogP contribution >= 0.6 is 0 Å². The Morgan fingerprint density at radius 1 is 1.24 bits per heavy atom. The van der Waals surface area contributed by atoms with E-state index < -0.39 is 18.0 Å². The quantitative estimate of drug-likeness (QED) is 0.491. The number of amides is 1. The largest absolute Gasteiger partial charge is 0.359 e. The van der Waals surface area contributed by atoms with Crippen molar-refractivity contribution in [2.24, 2.45) is 5.92 Å². The van der Waals surface area contributed by atoms with Crippen LogP contribution < -0.4 is 10.6 Å². The summed E-state index contributed by atoms with van der Waals surface area (Å²) in [4.78, 5) is 33.5. The molecule has 7 unspecified atom stereocenters. The number of fused-ring (bicyclic) bond motifs is 2. The molecule has 6 rings (SSSR count). The van der Waals surface area contributed by atoms with Crippen LogP contribution in [0.25, 0.3) is 0 Å². The van der Waals surface area contributed by atoms with E-state index in [1.54, 1.807) is 4.90 Å². The molecule has 1 aromatic carbocycles. The molecular weight excluding hydrogens is 532 g/mol. The first-order valence-electron chi connectivity index (χ1n) is 15.5. The number of nitrogens with zero attached hydrogens (tertiary/aromatic N) is 4. The highest BCUT2D eigenvalue weighted by atomic mass is 16.5. The fourth-order valence-corrected chi connectivity index (χ4v) is 8.02. The molecule has 4 fully saturated rings. The van der Waals surface area contributed by atoms with Gasteiger partial charge in [0.05, 0.1) is 43.5 Å². The number of ether oxygens (including phenoxy) is 2. The Balaban J connectivity index is 1.25. The maximum Gasteiger partial charge on any atom is 0.246 e. The summed E-state index contributed by atoms with van der Waals surface area (Å²) in [5.74, 6) is -0.0450. The van der Waals surface area contributed by atoms with E-state index in [2.05, 4.69) is 52.3 Å². The Kier molecular flexibility index (Phi) is 8.51. The van der Waals surface area contributed by atoms with Crippen LogP contribution in [0.2, 0.25) is 0 Å². The lowest BCUT2D eigenvalue weighted by molar-refractivity contribution is -0.180. The smallest absolute Gasteiger partial charge is 0.246 e. The molecule has 8 atom stereocenters. The molecular formula is C32H44N6O4. The van der Waals surface area contributed by atoms with Crippen molar-refractivity contribution in [2.75, 3.05) is 39.8 Å². The number of ketones is 1. The van der Waals surface area contributed by atoms with E-state index >= 15 is 0 Å². The lowest BCUT2D eigenvalue weighted by Crippen LogP contribution is -2.76. The zero-order valence-corrected chi connectivity index (χ0v) is 24.8. The van der Waals surface area contributed by atoms with Gasteiger partial charge in [-0.3, -0.25) is 25.1 Å². The Morgan fingerprint density at radius 3 is 2.83 bits per heavy atom. The number of nitriles is 1. The first kappa shape index (κ1) is 29.4. The number of likely N-dealkylation sites (tertiary alicyclic amines) is 1. The van der Waals surface area contributed by atoms with Crippen molar-refractivity contribution in [2.45, 2.75) is 87.8 Å². The first-order chi connectivity index (χ1) is 20.3. The SMILES string of the molecule is C=CC(=O)N1CCN(C2NC(OCC3CCCN3C)NC3C(=O)[C@@]4(CCC32)Cc2ccccc2C(C)O4)CC1CC#N. The number of benzene rings is 1. The highest BCUT2D eigenvalue weighted by Gasteiger charge is 2.57. The van der Waals surface area contributed by atoms with Gasteiger partial charge in [-0.25, -0.2) is 0 Å². The van der Waals surface area contributed by atoms with Crippen LogP contribution in [0.15, 0.2) is 36.9 Å². The number of likely N-dealkylation sites (N-methyl/N-ethyl adjacent to an activating group) is 1. The molecule has 1 amide bonds. The van der Waals surface area contributed by atoms with Gasteiger partial charge in [0.2, 0.25) is 5.91 Å². The van der Waals surface area contributed by atoms with Crippen LogP contribution in [-0.4, -0.2) is 102 Å². The lowest BCUT2D eigenvalue weighted by Gasteiger charge is -2.55. The van der Waals surface area contributed by atoms with Crippen LogP contribution in [0, 0.1) is 17.2 Å². The van der Waals surface area contributed by atoms with Gasteiger partial charge in [0, 0.05) is 38.0 Å². The number of nitrogens with one attached hydrogen (secondary N) is 2. The molecule has 1 spiro atoms. The first-order valence-corrected chi connectivity index (χ1v) is 15.5. The zero-order valence-electron chi connectivity index (χ0n) is 24.8. The molecule has 42 heavy (non-hydrogen) atoms. The average molecular weight is 577 g/mol. The maximum atomic E-state index is 14.5. The van der Waals surface area contributed by atoms with Crippen LogP contribution in [0.1, 0.15) is 56.3 Å². The molecule has 10 nitrogen and oxygen atoms in total. The predicted octanol–water partition coefficient (Wildman–Crippen LogP) is 1.93. The standard InChI is InChI=1S/C32H44N6O4/c1-4-27(39)38-17-16-37(19-23(38)12-14-33)30-26-11-13-32(18-22-8-5-6-10-25(22)21(2)42-32)29(40)28(26)34-31(35-30)41-20-24-9-7-15-36(24)3/h4-6,8,10,21,23-24,26,28,30-31,34-35H,1,7,9,11-13,15-20H2,2-3H3/t21?,23?,24?,26?,28?,30?,31?,32-/m1/s1. The van der Waals surface area contributed by atoms with E-state index in [4.69, 9.17) is 9.47 Å². The molecule has 0 bridgehead atoms. The number of Topliss-reactive ketones (excluding diaryl/α,β-unsaturated/α-hetero) is 1. The number of piperazine rings is 1. The van der Waals surface area contributed by atoms with Gasteiger partial charge >= 0.3 is 0 Å². The van der Waals surface area contributed by atoms with Gasteiger partial charge in [-0.15, -0.1) is 0 Å². The van der Waals surface area contributed by atoms with Crippen molar-refractivity contribution in [1.82, 2.24) is 25.3 Å². The van der Waals surface area contributed by atoms with E-state index in [-0.39, 0.29) is 42.3 Å². The van der Waals surface area contributed by atoms with Gasteiger partial charge in [0.1, 0.15) is 5.60 Å². The summed E-state index contributed by atoms with van der Waals surface area (Å²) in [7, 11) is 2.13. The van der Waals surface area contributed by atoms with Crippen molar-refractivity contribution < 1.29 is 19.1 Å². The fraction of sp³-hybridized carbons (Fsp3) is 0.656. The predicted molar refractivity (Wildman–Crippen MR) is 157 cm³/mol. The van der Waals surface area contributed by atoms with Crippen molar-refractivity contribution in [3.63, 3.8) is 0 Å². The Labute approximate surface area is 249 Å². The summed E-state index contributed by atoms with van der Waals surface area (Å²) in [5.41, 5.74) is 1.48. The maximum absolute atomic E-state index is 14.5. The highest BCUT2D eigenvalue weighted by molar-refractivity contribution is 5.94. The lowest BCUT2D eigenvalue weighted by atomic mass is 9.68. The second-order valence-electron chi connectivity index (χ2n) is 12.7. The number of hydrogen-bond donors (Lipinski definition) is 2. The third kappa shape index (κ3) is 5.43. The zero-order chi connectivity index (χ0) is 29.4. The van der Waals surface area contributed by atoms with Gasteiger partial charge < -0.3 is 19.3 Å². The average Bonchev–Trinajstić information content (AvgIpc) is 3.42. The Bertz CT molecular complexity index is 1240. The topological polar surface area (TPSA) is 110 Å². The van der Waals surface area contributed by atoms with Crippen molar-refractivity contribution >= 4 is 11.7 Å². The summed E-state index contributed by atoms with van der Waals surface area (Å²) >= 11 is 0. The minimum atomic E-state index is -0.863. The van der Waals surface area contributed by atoms with Gasteiger partial charge in [-0.2, -0.15) is 5.26 Å². The summed E-state index contributed by atoms with van der Waals surface area (Å²) in [6.07, 6.45) is 5.08. The summed E-state index contributed by atoms with van der Waals surface area (Å²) in [6, 6.07) is 10.2. The summed E-state index contributed by atoms with van der Waals surface area (Å²) in [5, 5.41) is 16.8. The minimum absolute atomic E-state index is 0.00222. The van der Waals surface area contributed by atoms with Crippen molar-refractivity contribution in [3.05, 3.63) is 48.0 Å². The van der Waals surface area contributed by atoms with Gasteiger partial charge in [-0.05, 0) is 63.4 Å². The molecule has 1 aromatic rings. The minimum Gasteiger partial charge on any atom is -0.359 e. The third-order valence-electron chi connectivity index (χ3n) is 10.3. The molecule has 10 heteroatoms. The third-order valence-corrected chi connectivity index (χ3v) is 10.3. The second kappa shape index (κ2) is 12.2. The normalized spacial score (nSPS) is 37.2. The molecule has 4 heterocycles. The fourth-order valence-electron chi connectivity index (χ4n) is 8.02. The van der Waals surface area contributed by atoms with Crippen LogP contribution in [0.5, 0.6) is 0 Å². The van der Waals surface area contributed by atoms with Gasteiger partial charge in [0.25, 0.3) is 0 Å². The number of carbonyl (C=O) groups excluding carboxylic acids is 2. The van der Waals surface area contributed by atoms with Crippen LogP contribution in [0.4, 0.5) is 0 Å². The van der Waals surface area contributed by atoms with Gasteiger partial charge in [-0.1, -0.05) is 30.8 Å². The molecule has 2 N–H and O–H groups in total. The van der Waals surface area contributed by atoms with Crippen LogP contribution in [0.3, 0.4) is 0 Å². The van der Waals surface area contributed by atoms with Crippen molar-refractivity contribution in [1.29, 1.82) is 5.26 Å².